The predicted molar refractivity (Wildman–Crippen MR) is 172 cm³/mol. The number of methoxy groups -OCH3 is 1. The van der Waals surface area contributed by atoms with Crippen LogP contribution in [-0.2, 0) is 17.8 Å². The highest BCUT2D eigenvalue weighted by Crippen LogP contribution is 2.28. The van der Waals surface area contributed by atoms with Crippen LogP contribution in [0.4, 0.5) is 0 Å². The number of nitrogens with zero attached hydrogens (tertiary/aromatic N) is 3. The molecule has 2 heterocycles. The van der Waals surface area contributed by atoms with Crippen LogP contribution >= 0.6 is 11.6 Å². The Balaban J connectivity index is 1.08. The second-order valence-corrected chi connectivity index (χ2v) is 12.1. The number of amides is 1. The van der Waals surface area contributed by atoms with Gasteiger partial charge in [-0.25, -0.2) is 0 Å². The summed E-state index contributed by atoms with van der Waals surface area (Å²) in [5.74, 6) is 0.728. The van der Waals surface area contributed by atoms with Crippen molar-refractivity contribution in [1.29, 1.82) is 0 Å². The predicted octanol–water partition coefficient (Wildman–Crippen LogP) is 2.62. The zero-order valence-corrected chi connectivity index (χ0v) is 25.6. The Bertz CT molecular complexity index is 1360. The van der Waals surface area contributed by atoms with E-state index in [1.54, 1.807) is 12.1 Å². The fraction of sp³-hybridized carbons (Fsp3) is 0.424. The topological polar surface area (TPSA) is 102 Å². The molecule has 0 spiro atoms. The fourth-order valence-electron chi connectivity index (χ4n) is 6.44. The third kappa shape index (κ3) is 7.79. The van der Waals surface area contributed by atoms with Crippen LogP contribution in [0.15, 0.2) is 66.7 Å². The van der Waals surface area contributed by atoms with E-state index in [0.29, 0.717) is 30.8 Å². The number of hydrogen-bond donors (Lipinski definition) is 3. The first-order chi connectivity index (χ1) is 20.8. The van der Waals surface area contributed by atoms with Gasteiger partial charge < -0.3 is 30.3 Å². The first-order valence-corrected chi connectivity index (χ1v) is 15.6. The summed E-state index contributed by atoms with van der Waals surface area (Å²) in [7, 11) is -0.0537. The van der Waals surface area contributed by atoms with Crippen LogP contribution in [0.25, 0.3) is 11.1 Å². The Morgan fingerprint density at radius 3 is 2.35 bits per heavy atom. The average Bonchev–Trinajstić information content (AvgIpc) is 3.04. The highest BCUT2D eigenvalue weighted by molar-refractivity contribution is 6.59. The standard InChI is InChI=1S/C33H42BClN4O4/c1-43-32-27(8-5-9-30(32)34(41)42)23-38-18-20-39(21-19-38)33(40)31(36)25-12-15-37(16-13-25)17-14-26-22-28(35)10-11-29(26)24-6-3-2-4-7-24/h2-11,22,25,31,41-42H,12-21,23,36H2,1H3/t31-/m1/s1. The highest BCUT2D eigenvalue weighted by atomic mass is 35.5. The molecule has 5 rings (SSSR count). The lowest BCUT2D eigenvalue weighted by molar-refractivity contribution is -0.136. The molecule has 2 fully saturated rings. The SMILES string of the molecule is COc1c(CN2CCN(C(=O)[C@H](N)C3CCN(CCc4cc(Cl)ccc4-c4ccccc4)CC3)CC2)cccc1B(O)O. The van der Waals surface area contributed by atoms with Crippen molar-refractivity contribution in [3.8, 4) is 16.9 Å². The molecule has 0 aromatic heterocycles. The number of piperazine rings is 1. The molecule has 2 aliphatic rings. The number of piperidine rings is 1. The second kappa shape index (κ2) is 14.7. The summed E-state index contributed by atoms with van der Waals surface area (Å²) in [4.78, 5) is 20.0. The molecule has 3 aromatic rings. The Morgan fingerprint density at radius 1 is 0.953 bits per heavy atom. The third-order valence-electron chi connectivity index (χ3n) is 8.96. The zero-order chi connectivity index (χ0) is 30.3. The molecule has 0 unspecified atom stereocenters. The van der Waals surface area contributed by atoms with E-state index >= 15 is 0 Å². The van der Waals surface area contributed by atoms with E-state index < -0.39 is 13.2 Å². The van der Waals surface area contributed by atoms with Crippen LogP contribution in [0.1, 0.15) is 24.0 Å². The number of carbonyl (C=O) groups is 1. The van der Waals surface area contributed by atoms with Gasteiger partial charge in [-0.05, 0) is 67.1 Å². The molecule has 3 aromatic carbocycles. The van der Waals surface area contributed by atoms with E-state index in [1.165, 1.54) is 23.8 Å². The van der Waals surface area contributed by atoms with E-state index in [9.17, 15) is 14.8 Å². The second-order valence-electron chi connectivity index (χ2n) is 11.6. The van der Waals surface area contributed by atoms with Crippen molar-refractivity contribution >= 4 is 30.1 Å². The van der Waals surface area contributed by atoms with Gasteiger partial charge in [0.25, 0.3) is 0 Å². The lowest BCUT2D eigenvalue weighted by atomic mass is 9.78. The first kappa shape index (κ1) is 31.5. The van der Waals surface area contributed by atoms with E-state index in [4.69, 9.17) is 22.1 Å². The number of likely N-dealkylation sites (tertiary alicyclic amines) is 1. The summed E-state index contributed by atoms with van der Waals surface area (Å²) in [5.41, 5.74) is 11.5. The van der Waals surface area contributed by atoms with Gasteiger partial charge in [0.2, 0.25) is 5.91 Å². The van der Waals surface area contributed by atoms with Gasteiger partial charge in [-0.2, -0.15) is 0 Å². The summed E-state index contributed by atoms with van der Waals surface area (Å²) >= 11 is 6.36. The minimum absolute atomic E-state index is 0.0486. The van der Waals surface area contributed by atoms with Gasteiger partial charge in [0.1, 0.15) is 5.75 Å². The van der Waals surface area contributed by atoms with Gasteiger partial charge >= 0.3 is 7.12 Å². The summed E-state index contributed by atoms with van der Waals surface area (Å²) < 4.78 is 5.47. The lowest BCUT2D eigenvalue weighted by Crippen LogP contribution is -2.55. The molecule has 0 radical (unpaired) electrons. The molecule has 0 bridgehead atoms. The molecule has 2 aliphatic heterocycles. The maximum absolute atomic E-state index is 13.4. The largest absolute Gasteiger partial charge is 0.497 e. The van der Waals surface area contributed by atoms with Gasteiger partial charge in [-0.3, -0.25) is 9.69 Å². The van der Waals surface area contributed by atoms with Crippen molar-refractivity contribution in [3.05, 3.63) is 82.9 Å². The number of benzene rings is 3. The van der Waals surface area contributed by atoms with E-state index in [1.807, 2.05) is 23.1 Å². The molecule has 2 saturated heterocycles. The Hall–Kier alpha value is -2.92. The lowest BCUT2D eigenvalue weighted by Gasteiger charge is -2.39. The molecule has 1 atom stereocenters. The molecule has 8 nitrogen and oxygen atoms in total. The van der Waals surface area contributed by atoms with Gasteiger partial charge in [0.05, 0.1) is 13.2 Å². The van der Waals surface area contributed by atoms with Crippen molar-refractivity contribution in [2.24, 2.45) is 11.7 Å². The first-order valence-electron chi connectivity index (χ1n) is 15.2. The van der Waals surface area contributed by atoms with Crippen LogP contribution in [0.2, 0.25) is 5.02 Å². The van der Waals surface area contributed by atoms with Crippen molar-refractivity contribution in [2.75, 3.05) is 52.9 Å². The molecule has 10 heteroatoms. The van der Waals surface area contributed by atoms with Gasteiger partial charge in [-0.1, -0.05) is 66.2 Å². The van der Waals surface area contributed by atoms with Crippen LogP contribution < -0.4 is 15.9 Å². The van der Waals surface area contributed by atoms with Gasteiger partial charge in [0, 0.05) is 55.3 Å². The Kier molecular flexibility index (Phi) is 10.8. The van der Waals surface area contributed by atoms with Crippen LogP contribution in [0.3, 0.4) is 0 Å². The monoisotopic (exact) mass is 604 g/mol. The van der Waals surface area contributed by atoms with E-state index in [-0.39, 0.29) is 11.8 Å². The minimum atomic E-state index is -1.59. The summed E-state index contributed by atoms with van der Waals surface area (Å²) in [5, 5.41) is 20.1. The third-order valence-corrected chi connectivity index (χ3v) is 9.20. The fourth-order valence-corrected chi connectivity index (χ4v) is 6.64. The van der Waals surface area contributed by atoms with Crippen molar-refractivity contribution in [1.82, 2.24) is 14.7 Å². The van der Waals surface area contributed by atoms with E-state index in [2.05, 4.69) is 46.2 Å². The molecule has 43 heavy (non-hydrogen) atoms. The van der Waals surface area contributed by atoms with E-state index in [0.717, 1.165) is 62.6 Å². The molecular weight excluding hydrogens is 563 g/mol. The number of nitrogens with two attached hydrogens (primary N) is 1. The average molecular weight is 605 g/mol. The Morgan fingerprint density at radius 2 is 1.67 bits per heavy atom. The smallest absolute Gasteiger partial charge is 0.492 e. The van der Waals surface area contributed by atoms with Crippen molar-refractivity contribution < 1.29 is 19.6 Å². The molecule has 0 aliphatic carbocycles. The highest BCUT2D eigenvalue weighted by Gasteiger charge is 2.33. The van der Waals surface area contributed by atoms with Gasteiger partial charge in [-0.15, -0.1) is 0 Å². The van der Waals surface area contributed by atoms with Crippen LogP contribution in [0, 0.1) is 5.92 Å². The minimum Gasteiger partial charge on any atom is -0.497 e. The number of hydrogen-bond acceptors (Lipinski definition) is 7. The molecule has 1 amide bonds. The number of ether oxygens (including phenoxy) is 1. The number of para-hydroxylation sites is 1. The van der Waals surface area contributed by atoms with Crippen molar-refractivity contribution in [3.63, 3.8) is 0 Å². The summed E-state index contributed by atoms with van der Waals surface area (Å²) in [6.07, 6.45) is 2.75. The molecular formula is C33H42BClN4O4. The summed E-state index contributed by atoms with van der Waals surface area (Å²) in [6, 6.07) is 21.5. The normalized spacial score (nSPS) is 17.6. The Labute approximate surface area is 260 Å². The zero-order valence-electron chi connectivity index (χ0n) is 24.9. The van der Waals surface area contributed by atoms with Crippen LogP contribution in [0.5, 0.6) is 5.75 Å². The molecule has 0 saturated carbocycles. The number of rotatable bonds is 10. The maximum atomic E-state index is 13.4. The molecule has 4 N–H and O–H groups in total. The van der Waals surface area contributed by atoms with Crippen LogP contribution in [-0.4, -0.2) is 96.7 Å². The number of carbonyl (C=O) groups excluding carboxylic acids is 1. The van der Waals surface area contributed by atoms with Gasteiger partial charge in [0.15, 0.2) is 0 Å². The quantitative estimate of drug-likeness (QED) is 0.306. The maximum Gasteiger partial charge on any atom is 0.492 e. The number of halogens is 1. The summed E-state index contributed by atoms with van der Waals surface area (Å²) in [6.45, 7) is 6.12. The van der Waals surface area contributed by atoms with Crippen molar-refractivity contribution in [2.45, 2.75) is 31.8 Å². The molecule has 228 valence electrons.